The minimum absolute atomic E-state index is 0.00811. The molecule has 3 N–H and O–H groups in total. The van der Waals surface area contributed by atoms with E-state index < -0.39 is 19.2 Å². The van der Waals surface area contributed by atoms with E-state index in [0.29, 0.717) is 35.5 Å². The van der Waals surface area contributed by atoms with Gasteiger partial charge in [-0.2, -0.15) is 0 Å². The van der Waals surface area contributed by atoms with Crippen molar-refractivity contribution in [2.75, 3.05) is 26.6 Å². The number of ether oxygens (including phenoxy) is 3. The molecule has 3 aromatic carbocycles. The summed E-state index contributed by atoms with van der Waals surface area (Å²) in [6.45, 7) is 12.8. The Balaban J connectivity index is 1.20. The first kappa shape index (κ1) is 38.5. The number of hydrogen-bond donors (Lipinski definition) is 3. The monoisotopic (exact) mass is 725 g/mol. The maximum atomic E-state index is 14.2. The molecule has 53 heavy (non-hydrogen) atoms. The third-order valence-electron chi connectivity index (χ3n) is 11.9. The van der Waals surface area contributed by atoms with E-state index in [2.05, 4.69) is 50.6 Å². The van der Waals surface area contributed by atoms with E-state index in [1.54, 1.807) is 34.3 Å². The van der Waals surface area contributed by atoms with Gasteiger partial charge in [0.1, 0.15) is 12.1 Å². The lowest BCUT2D eigenvalue weighted by molar-refractivity contribution is -0.199. The normalized spacial score (nSPS) is 24.3. The Hall–Kier alpha value is -4.22. The molecule has 7 atom stereocenters. The molecule has 11 heteroatoms. The first-order valence-electron chi connectivity index (χ1n) is 18.9. The van der Waals surface area contributed by atoms with Crippen LogP contribution >= 0.6 is 0 Å². The summed E-state index contributed by atoms with van der Waals surface area (Å²) in [6, 6.07) is 20.0. The van der Waals surface area contributed by atoms with E-state index in [9.17, 15) is 9.59 Å². The molecule has 0 spiro atoms. The predicted molar refractivity (Wildman–Crippen MR) is 208 cm³/mol. The molecule has 10 nitrogen and oxygen atoms in total. The van der Waals surface area contributed by atoms with Crippen molar-refractivity contribution in [3.8, 4) is 28.4 Å². The second-order valence-electron chi connectivity index (χ2n) is 16.2. The highest BCUT2D eigenvalue weighted by atomic mass is 16.7. The summed E-state index contributed by atoms with van der Waals surface area (Å²) in [7, 11) is 4.11. The fraction of sp³-hybridized carbons (Fsp3) is 0.524. The average Bonchev–Trinajstić information content (AvgIpc) is 3.51. The number of carbonyl (C=O) groups excluding carboxylic acids is 2. The quantitative estimate of drug-likeness (QED) is 0.148. The molecule has 0 aromatic heterocycles. The van der Waals surface area contributed by atoms with Crippen LogP contribution in [0.2, 0.25) is 0 Å². The van der Waals surface area contributed by atoms with E-state index in [4.69, 9.17) is 23.5 Å². The zero-order chi connectivity index (χ0) is 38.1. The molecular weight excluding hydrogens is 669 g/mol. The standard InChI is InChI=1S/C42H56BN3O7/c1-25(2)20-36(43-52-35-24-30-23-34(41(30,4)5)42(35,6)53-43)46-39(47)26(3)44-40(48)32(22-29-18-19-33(49-7)38(51-9)37(29)50-8)45-31-17-13-16-28(21-31)27-14-11-10-12-15-27/h10-19,21,25-26,30,32,34-36,45H,20,22-24H2,1-9H3,(H,44,48)(H,46,47)/t26-,30-,32-,34-,35-,36-,42-/m0/s1. The number of rotatable bonds is 15. The summed E-state index contributed by atoms with van der Waals surface area (Å²) in [5, 5.41) is 9.65. The molecule has 4 fully saturated rings. The van der Waals surface area contributed by atoms with Crippen molar-refractivity contribution in [3.63, 3.8) is 0 Å². The van der Waals surface area contributed by atoms with Gasteiger partial charge < -0.3 is 39.5 Å². The number of methoxy groups -OCH3 is 3. The van der Waals surface area contributed by atoms with Crippen molar-refractivity contribution in [3.05, 3.63) is 72.3 Å². The highest BCUT2D eigenvalue weighted by molar-refractivity contribution is 6.48. The van der Waals surface area contributed by atoms with Crippen molar-refractivity contribution in [2.24, 2.45) is 23.2 Å². The van der Waals surface area contributed by atoms with Crippen LogP contribution in [-0.2, 0) is 25.3 Å². The molecule has 0 radical (unpaired) electrons. The second kappa shape index (κ2) is 15.6. The summed E-state index contributed by atoms with van der Waals surface area (Å²) in [6.07, 6.45) is 3.05. The Morgan fingerprint density at radius 1 is 0.849 bits per heavy atom. The summed E-state index contributed by atoms with van der Waals surface area (Å²) in [5.41, 5.74) is 3.39. The summed E-state index contributed by atoms with van der Waals surface area (Å²) in [4.78, 5) is 28.1. The van der Waals surface area contributed by atoms with Crippen molar-refractivity contribution in [2.45, 2.75) is 97.0 Å². The zero-order valence-electron chi connectivity index (χ0n) is 32.7. The van der Waals surface area contributed by atoms with Gasteiger partial charge in [-0.15, -0.1) is 0 Å². The molecule has 284 valence electrons. The predicted octanol–water partition coefficient (Wildman–Crippen LogP) is 6.71. The Morgan fingerprint density at radius 3 is 2.23 bits per heavy atom. The molecule has 2 bridgehead atoms. The van der Waals surface area contributed by atoms with Crippen LogP contribution in [0.1, 0.15) is 66.4 Å². The van der Waals surface area contributed by atoms with E-state index in [1.165, 1.54) is 0 Å². The molecule has 1 saturated heterocycles. The number of hydrogen-bond acceptors (Lipinski definition) is 8. The fourth-order valence-corrected chi connectivity index (χ4v) is 8.88. The van der Waals surface area contributed by atoms with Crippen LogP contribution < -0.4 is 30.2 Å². The second-order valence-corrected chi connectivity index (χ2v) is 16.2. The SMILES string of the molecule is COc1ccc(C[C@H](Nc2cccc(-c3ccccc3)c2)C(=O)N[C@@H](C)C(=O)N[C@@H](CC(C)C)B2O[C@H]3C[C@@H]4C[C@@H](C4(C)C)[C@]3(C)O2)c(OC)c1OC. The van der Waals surface area contributed by atoms with Gasteiger partial charge in [0.2, 0.25) is 17.6 Å². The maximum absolute atomic E-state index is 14.2. The first-order chi connectivity index (χ1) is 25.3. The smallest absolute Gasteiger partial charge is 0.481 e. The van der Waals surface area contributed by atoms with Crippen molar-refractivity contribution < 1.29 is 33.1 Å². The van der Waals surface area contributed by atoms with Gasteiger partial charge in [0.15, 0.2) is 11.5 Å². The number of amides is 2. The van der Waals surface area contributed by atoms with Crippen LogP contribution in [-0.4, -0.2) is 70.0 Å². The minimum atomic E-state index is -0.838. The molecule has 3 aromatic rings. The molecule has 0 unspecified atom stereocenters. The lowest BCUT2D eigenvalue weighted by Gasteiger charge is -2.64. The van der Waals surface area contributed by atoms with Gasteiger partial charge >= 0.3 is 7.12 Å². The Labute approximate surface area is 315 Å². The third-order valence-corrected chi connectivity index (χ3v) is 11.9. The minimum Gasteiger partial charge on any atom is -0.493 e. The highest BCUT2D eigenvalue weighted by Gasteiger charge is 2.68. The number of nitrogens with one attached hydrogen (secondary N) is 3. The molecular formula is C42H56BN3O7. The average molecular weight is 726 g/mol. The van der Waals surface area contributed by atoms with Crippen LogP contribution in [0, 0.1) is 23.2 Å². The van der Waals surface area contributed by atoms with Gasteiger partial charge in [-0.05, 0) is 85.6 Å². The fourth-order valence-electron chi connectivity index (χ4n) is 8.88. The molecule has 1 heterocycles. The molecule has 3 aliphatic carbocycles. The molecule has 3 saturated carbocycles. The van der Waals surface area contributed by atoms with Crippen LogP contribution in [0.4, 0.5) is 5.69 Å². The lowest BCUT2D eigenvalue weighted by atomic mass is 9.43. The van der Waals surface area contributed by atoms with Crippen LogP contribution in [0.25, 0.3) is 11.1 Å². The molecule has 2 amide bonds. The van der Waals surface area contributed by atoms with Gasteiger partial charge in [-0.1, -0.05) is 76.2 Å². The van der Waals surface area contributed by atoms with Crippen LogP contribution in [0.15, 0.2) is 66.7 Å². The third kappa shape index (κ3) is 7.74. The molecule has 4 aliphatic rings. The number of carbonyl (C=O) groups is 2. The van der Waals surface area contributed by atoms with Crippen LogP contribution in [0.5, 0.6) is 17.2 Å². The Bertz CT molecular complexity index is 1770. The van der Waals surface area contributed by atoms with Crippen molar-refractivity contribution in [1.82, 2.24) is 10.6 Å². The molecule has 1 aliphatic heterocycles. The van der Waals surface area contributed by atoms with Gasteiger partial charge in [0.05, 0.1) is 39.0 Å². The van der Waals surface area contributed by atoms with E-state index in [1.807, 2.05) is 60.7 Å². The van der Waals surface area contributed by atoms with Gasteiger partial charge in [0.25, 0.3) is 0 Å². The molecule has 7 rings (SSSR count). The van der Waals surface area contributed by atoms with Gasteiger partial charge in [-0.25, -0.2) is 0 Å². The van der Waals surface area contributed by atoms with E-state index in [-0.39, 0.29) is 47.2 Å². The highest BCUT2D eigenvalue weighted by Crippen LogP contribution is 2.65. The summed E-state index contributed by atoms with van der Waals surface area (Å²) >= 11 is 0. The van der Waals surface area contributed by atoms with E-state index >= 15 is 0 Å². The maximum Gasteiger partial charge on any atom is 0.481 e. The van der Waals surface area contributed by atoms with Crippen molar-refractivity contribution >= 4 is 24.6 Å². The largest absolute Gasteiger partial charge is 0.493 e. The van der Waals surface area contributed by atoms with Crippen molar-refractivity contribution in [1.29, 1.82) is 0 Å². The van der Waals surface area contributed by atoms with E-state index in [0.717, 1.165) is 35.2 Å². The Kier molecular flexibility index (Phi) is 11.4. The topological polar surface area (TPSA) is 116 Å². The number of benzene rings is 3. The van der Waals surface area contributed by atoms with Gasteiger partial charge in [-0.3, -0.25) is 9.59 Å². The van der Waals surface area contributed by atoms with Gasteiger partial charge in [0, 0.05) is 17.7 Å². The van der Waals surface area contributed by atoms with Crippen LogP contribution in [0.3, 0.4) is 0 Å². The zero-order valence-corrected chi connectivity index (χ0v) is 32.7. The lowest BCUT2D eigenvalue weighted by Crippen LogP contribution is -2.65. The first-order valence-corrected chi connectivity index (χ1v) is 18.9. The number of anilines is 1. The summed E-state index contributed by atoms with van der Waals surface area (Å²) in [5.74, 6) is 1.75. The Morgan fingerprint density at radius 2 is 1.57 bits per heavy atom. The summed E-state index contributed by atoms with van der Waals surface area (Å²) < 4.78 is 30.3.